The van der Waals surface area contributed by atoms with Gasteiger partial charge < -0.3 is 9.47 Å². The molecule has 2 amide bonds. The van der Waals surface area contributed by atoms with Crippen LogP contribution in [-0.2, 0) is 16.5 Å². The highest BCUT2D eigenvalue weighted by Gasteiger charge is 2.21. The van der Waals surface area contributed by atoms with Crippen molar-refractivity contribution in [3.8, 4) is 11.4 Å². The molecule has 174 valence electrons. The lowest BCUT2D eigenvalue weighted by Crippen LogP contribution is -2.27. The number of carbonyl (C=O) groups is 2. The topological polar surface area (TPSA) is 133 Å². The smallest absolute Gasteiger partial charge is 0.413 e. The molecule has 0 aliphatic carbocycles. The minimum Gasteiger partial charge on any atom is -0.444 e. The van der Waals surface area contributed by atoms with E-state index in [2.05, 4.69) is 30.9 Å². The van der Waals surface area contributed by atoms with E-state index in [0.717, 1.165) is 0 Å². The van der Waals surface area contributed by atoms with Gasteiger partial charge in [0.05, 0.1) is 17.6 Å². The van der Waals surface area contributed by atoms with Crippen molar-refractivity contribution in [1.29, 1.82) is 0 Å². The number of ether oxygens (including phenoxy) is 2. The maximum atomic E-state index is 13.8. The van der Waals surface area contributed by atoms with Gasteiger partial charge in [0.25, 0.3) is 0 Å². The third kappa shape index (κ3) is 6.21. The van der Waals surface area contributed by atoms with Gasteiger partial charge in [0, 0.05) is 18.8 Å². The predicted molar refractivity (Wildman–Crippen MR) is 117 cm³/mol. The number of amides is 2. The molecular weight excluding hydrogens is 433 g/mol. The van der Waals surface area contributed by atoms with Crippen LogP contribution in [0.5, 0.6) is 0 Å². The molecule has 0 spiro atoms. The Balaban J connectivity index is 1.70. The molecule has 0 aromatic carbocycles. The summed E-state index contributed by atoms with van der Waals surface area (Å²) in [5, 5.41) is 13.1. The third-order valence-corrected chi connectivity index (χ3v) is 4.21. The van der Waals surface area contributed by atoms with Crippen molar-refractivity contribution in [1.82, 2.24) is 25.0 Å². The number of aryl methyl sites for hydroxylation is 1. The molecule has 3 rings (SSSR count). The molecule has 0 bridgehead atoms. The van der Waals surface area contributed by atoms with Crippen LogP contribution in [-0.4, -0.2) is 42.7 Å². The van der Waals surface area contributed by atoms with Crippen molar-refractivity contribution in [2.75, 3.05) is 10.6 Å². The van der Waals surface area contributed by atoms with E-state index in [1.807, 2.05) is 0 Å². The first kappa shape index (κ1) is 23.6. The number of rotatable bonds is 5. The lowest BCUT2D eigenvalue weighted by molar-refractivity contribution is 0.0635. The van der Waals surface area contributed by atoms with Gasteiger partial charge in [0.15, 0.2) is 11.5 Å². The summed E-state index contributed by atoms with van der Waals surface area (Å²) in [7, 11) is 1.58. The molecule has 12 heteroatoms. The van der Waals surface area contributed by atoms with Crippen LogP contribution in [0.25, 0.3) is 11.4 Å². The van der Waals surface area contributed by atoms with Gasteiger partial charge in [-0.05, 0) is 52.0 Å². The molecule has 33 heavy (non-hydrogen) atoms. The molecule has 0 aliphatic heterocycles. The summed E-state index contributed by atoms with van der Waals surface area (Å²) in [6, 6.07) is 6.23. The van der Waals surface area contributed by atoms with Gasteiger partial charge in [-0.15, -0.1) is 5.10 Å². The largest absolute Gasteiger partial charge is 0.444 e. The molecular formula is C21H24FN7O4. The number of hydrogen-bond donors (Lipinski definition) is 2. The minimum absolute atomic E-state index is 0.144. The zero-order chi connectivity index (χ0) is 24.2. The summed E-state index contributed by atoms with van der Waals surface area (Å²) in [4.78, 5) is 32.1. The van der Waals surface area contributed by atoms with Crippen molar-refractivity contribution >= 4 is 23.7 Å². The lowest BCUT2D eigenvalue weighted by atomic mass is 10.2. The number of nitrogens with zero attached hydrogens (tertiary/aromatic N) is 5. The number of carbonyl (C=O) groups excluding carboxylic acids is 2. The van der Waals surface area contributed by atoms with Crippen molar-refractivity contribution < 1.29 is 23.5 Å². The van der Waals surface area contributed by atoms with Crippen LogP contribution < -0.4 is 10.6 Å². The summed E-state index contributed by atoms with van der Waals surface area (Å²) in [5.41, 5.74) is 0.592. The molecule has 1 atom stereocenters. The van der Waals surface area contributed by atoms with Crippen LogP contribution in [0, 0.1) is 5.95 Å². The predicted octanol–water partition coefficient (Wildman–Crippen LogP) is 4.07. The first-order valence-corrected chi connectivity index (χ1v) is 9.97. The van der Waals surface area contributed by atoms with E-state index in [1.165, 1.54) is 30.1 Å². The fraction of sp³-hybridized carbons (Fsp3) is 0.333. The summed E-state index contributed by atoms with van der Waals surface area (Å²) in [5.74, 6) is -0.496. The Kier molecular flexibility index (Phi) is 6.85. The molecule has 0 saturated carbocycles. The van der Waals surface area contributed by atoms with Crippen LogP contribution in [0.2, 0.25) is 0 Å². The number of nitrogens with one attached hydrogen (secondary N) is 2. The number of hydrogen-bond acceptors (Lipinski definition) is 8. The van der Waals surface area contributed by atoms with Crippen molar-refractivity contribution in [2.45, 2.75) is 39.4 Å². The Morgan fingerprint density at radius 3 is 2.52 bits per heavy atom. The van der Waals surface area contributed by atoms with Crippen LogP contribution in [0.15, 0.2) is 36.7 Å². The second-order valence-electron chi connectivity index (χ2n) is 8.03. The van der Waals surface area contributed by atoms with Crippen LogP contribution in [0.3, 0.4) is 0 Å². The Morgan fingerprint density at radius 2 is 1.88 bits per heavy atom. The molecule has 11 nitrogen and oxygen atoms in total. The van der Waals surface area contributed by atoms with Crippen molar-refractivity contribution in [3.05, 3.63) is 48.2 Å². The zero-order valence-electron chi connectivity index (χ0n) is 18.8. The average molecular weight is 457 g/mol. The van der Waals surface area contributed by atoms with Crippen molar-refractivity contribution in [2.24, 2.45) is 7.05 Å². The number of anilines is 2. The third-order valence-electron chi connectivity index (χ3n) is 4.21. The molecule has 0 aliphatic rings. The number of halogens is 1. The Labute approximate surface area is 189 Å². The average Bonchev–Trinajstić information content (AvgIpc) is 3.07. The van der Waals surface area contributed by atoms with Crippen molar-refractivity contribution in [3.63, 3.8) is 0 Å². The van der Waals surface area contributed by atoms with E-state index < -0.39 is 29.8 Å². The van der Waals surface area contributed by atoms with Gasteiger partial charge in [0.2, 0.25) is 5.95 Å². The first-order valence-electron chi connectivity index (χ1n) is 9.97. The van der Waals surface area contributed by atoms with E-state index in [9.17, 15) is 14.0 Å². The maximum absolute atomic E-state index is 13.8. The van der Waals surface area contributed by atoms with Crippen LogP contribution >= 0.6 is 0 Å². The van der Waals surface area contributed by atoms with E-state index in [-0.39, 0.29) is 17.1 Å². The summed E-state index contributed by atoms with van der Waals surface area (Å²) < 4.78 is 25.6. The Hall–Kier alpha value is -4.09. The number of pyridine rings is 2. The standard InChI is InChI=1S/C21H24FN7O4/c1-12(14-7-6-10-23-17(14)22)32-19(30)26-18-16(27-28-29(18)5)15-9-8-13(11-24-15)25-20(31)33-21(2,3)4/h6-12H,1-5H3,(H,25,31)(H,26,30)/t12-/m1/s1. The fourth-order valence-corrected chi connectivity index (χ4v) is 2.75. The minimum atomic E-state index is -0.875. The van der Waals surface area contributed by atoms with E-state index in [1.54, 1.807) is 46.0 Å². The van der Waals surface area contributed by atoms with Crippen LogP contribution in [0.1, 0.15) is 39.4 Å². The normalized spacial score (nSPS) is 12.1. The monoisotopic (exact) mass is 457 g/mol. The zero-order valence-corrected chi connectivity index (χ0v) is 18.8. The van der Waals surface area contributed by atoms with Gasteiger partial charge in [0.1, 0.15) is 11.7 Å². The molecule has 0 fully saturated rings. The Morgan fingerprint density at radius 1 is 1.12 bits per heavy atom. The molecule has 0 unspecified atom stereocenters. The SMILES string of the molecule is C[C@@H](OC(=O)Nc1c(-c2ccc(NC(=O)OC(C)(C)C)cn2)nnn1C)c1cccnc1F. The van der Waals surface area contributed by atoms with Gasteiger partial charge in [-0.3, -0.25) is 15.6 Å². The molecule has 3 aromatic heterocycles. The molecule has 0 saturated heterocycles. The molecule has 0 radical (unpaired) electrons. The van der Waals surface area contributed by atoms with E-state index in [4.69, 9.17) is 9.47 Å². The first-order chi connectivity index (χ1) is 15.5. The second kappa shape index (κ2) is 9.59. The maximum Gasteiger partial charge on any atom is 0.413 e. The van der Waals surface area contributed by atoms with E-state index >= 15 is 0 Å². The van der Waals surface area contributed by atoms with Gasteiger partial charge in [-0.1, -0.05) is 5.21 Å². The molecule has 2 N–H and O–H groups in total. The highest BCUT2D eigenvalue weighted by molar-refractivity contribution is 5.88. The van der Waals surface area contributed by atoms with Gasteiger partial charge >= 0.3 is 12.2 Å². The Bertz CT molecular complexity index is 1140. The van der Waals surface area contributed by atoms with Gasteiger partial charge in [-0.25, -0.2) is 19.3 Å². The second-order valence-corrected chi connectivity index (χ2v) is 8.03. The highest BCUT2D eigenvalue weighted by atomic mass is 19.1. The quantitative estimate of drug-likeness (QED) is 0.548. The summed E-state index contributed by atoms with van der Waals surface area (Å²) in [6.45, 7) is 6.81. The lowest BCUT2D eigenvalue weighted by Gasteiger charge is -2.19. The number of aromatic nitrogens is 5. The summed E-state index contributed by atoms with van der Waals surface area (Å²) >= 11 is 0. The van der Waals surface area contributed by atoms with E-state index in [0.29, 0.717) is 11.4 Å². The molecule has 3 heterocycles. The van der Waals surface area contributed by atoms with Crippen LogP contribution in [0.4, 0.5) is 25.5 Å². The fourth-order valence-electron chi connectivity index (χ4n) is 2.75. The van der Waals surface area contributed by atoms with Gasteiger partial charge in [-0.2, -0.15) is 4.39 Å². The summed E-state index contributed by atoms with van der Waals surface area (Å²) in [6.07, 6.45) is 0.408. The highest BCUT2D eigenvalue weighted by Crippen LogP contribution is 2.25. The molecule has 3 aromatic rings.